The molecule has 0 amide bonds. The highest BCUT2D eigenvalue weighted by molar-refractivity contribution is 5.69. The van der Waals surface area contributed by atoms with Crippen molar-refractivity contribution in [3.8, 4) is 11.8 Å². The van der Waals surface area contributed by atoms with Crippen LogP contribution in [0, 0.1) is 11.8 Å². The van der Waals surface area contributed by atoms with Crippen LogP contribution >= 0.6 is 0 Å². The van der Waals surface area contributed by atoms with Crippen LogP contribution in [-0.2, 0) is 9.59 Å². The highest BCUT2D eigenvalue weighted by Gasteiger charge is 1.87. The maximum absolute atomic E-state index is 9.88. The van der Waals surface area contributed by atoms with E-state index in [0.29, 0.717) is 19.5 Å². The topological polar surface area (TPSA) is 127 Å². The molecule has 0 fully saturated rings. The number of aliphatic carboxylic acids is 2. The number of hydrogen-bond donors (Lipinski definition) is 4. The molecule has 6 N–H and O–H groups in total. The largest absolute Gasteiger partial charge is 0.481 e. The molecular weight excluding hydrogens is 248 g/mol. The molecule has 0 bridgehead atoms. The Morgan fingerprint density at radius 2 is 1.63 bits per heavy atom. The number of carboxylic acid groups (broad SMARTS) is 2. The summed E-state index contributed by atoms with van der Waals surface area (Å²) in [7, 11) is 0. The molecule has 0 aromatic heterocycles. The van der Waals surface area contributed by atoms with Crippen LogP contribution in [0.25, 0.3) is 0 Å². The van der Waals surface area contributed by atoms with Crippen LogP contribution in [0.2, 0.25) is 0 Å². The van der Waals surface area contributed by atoms with Gasteiger partial charge in [-0.05, 0) is 13.0 Å². The Hall–Kier alpha value is -1.84. The quantitative estimate of drug-likeness (QED) is 0.419. The van der Waals surface area contributed by atoms with Crippen molar-refractivity contribution in [2.24, 2.45) is 11.5 Å². The molecule has 0 aliphatic rings. The molecule has 0 aliphatic heterocycles. The van der Waals surface area contributed by atoms with E-state index in [1.807, 2.05) is 0 Å². The van der Waals surface area contributed by atoms with Gasteiger partial charge in [-0.1, -0.05) is 25.5 Å². The van der Waals surface area contributed by atoms with Gasteiger partial charge in [0.25, 0.3) is 0 Å². The minimum atomic E-state index is -0.889. The molecular formula is C13H24N2O4. The van der Waals surface area contributed by atoms with Gasteiger partial charge in [-0.25, -0.2) is 0 Å². The van der Waals surface area contributed by atoms with Gasteiger partial charge in [0.05, 0.1) is 6.42 Å². The van der Waals surface area contributed by atoms with Crippen LogP contribution in [0.15, 0.2) is 12.2 Å². The van der Waals surface area contributed by atoms with Gasteiger partial charge in [0, 0.05) is 13.0 Å². The van der Waals surface area contributed by atoms with Gasteiger partial charge in [-0.2, -0.15) is 0 Å². The second-order valence-corrected chi connectivity index (χ2v) is 3.11. The zero-order valence-corrected chi connectivity index (χ0v) is 10.3. The number of hydrogen-bond acceptors (Lipinski definition) is 4. The molecule has 0 aromatic rings. The summed E-state index contributed by atoms with van der Waals surface area (Å²) in [6, 6.07) is 0. The SMILES string of the molecule is C.NCC/C=C/CC(=O)O.NCCC#CCC(=O)O. The molecule has 0 aliphatic carbocycles. The maximum atomic E-state index is 9.88. The van der Waals surface area contributed by atoms with Gasteiger partial charge in [-0.3, -0.25) is 9.59 Å². The van der Waals surface area contributed by atoms with Crippen LogP contribution in [-0.4, -0.2) is 35.2 Å². The van der Waals surface area contributed by atoms with E-state index in [1.165, 1.54) is 0 Å². The van der Waals surface area contributed by atoms with Crippen molar-refractivity contribution < 1.29 is 19.8 Å². The Balaban J connectivity index is -0.000000256. The fourth-order valence-corrected chi connectivity index (χ4v) is 0.697. The smallest absolute Gasteiger partial charge is 0.315 e. The summed E-state index contributed by atoms with van der Waals surface area (Å²) >= 11 is 0. The Morgan fingerprint density at radius 1 is 1.00 bits per heavy atom. The second kappa shape index (κ2) is 18.5. The van der Waals surface area contributed by atoms with E-state index in [2.05, 4.69) is 11.8 Å². The highest BCUT2D eigenvalue weighted by atomic mass is 16.4. The minimum absolute atomic E-state index is 0. The van der Waals surface area contributed by atoms with Gasteiger partial charge >= 0.3 is 11.9 Å². The lowest BCUT2D eigenvalue weighted by Crippen LogP contribution is -1.96. The predicted octanol–water partition coefficient (Wildman–Crippen LogP) is 0.816. The molecule has 0 spiro atoms. The first-order chi connectivity index (χ1) is 8.54. The van der Waals surface area contributed by atoms with Gasteiger partial charge in [0.1, 0.15) is 6.42 Å². The minimum Gasteiger partial charge on any atom is -0.481 e. The summed E-state index contributed by atoms with van der Waals surface area (Å²) in [4.78, 5) is 19.7. The molecule has 0 radical (unpaired) electrons. The Morgan fingerprint density at radius 3 is 2.05 bits per heavy atom. The first-order valence-corrected chi connectivity index (χ1v) is 5.49. The molecule has 0 atom stereocenters. The Bertz CT molecular complexity index is 316. The van der Waals surface area contributed by atoms with Crippen molar-refractivity contribution in [3.05, 3.63) is 12.2 Å². The molecule has 0 heterocycles. The number of nitrogens with two attached hydrogens (primary N) is 2. The third-order valence-electron chi connectivity index (χ3n) is 1.43. The lowest BCUT2D eigenvalue weighted by molar-refractivity contribution is -0.136. The van der Waals surface area contributed by atoms with E-state index < -0.39 is 11.9 Å². The van der Waals surface area contributed by atoms with E-state index in [1.54, 1.807) is 12.2 Å². The van der Waals surface area contributed by atoms with Crippen molar-refractivity contribution >= 4 is 11.9 Å². The summed E-state index contributed by atoms with van der Waals surface area (Å²) in [5.41, 5.74) is 10.2. The van der Waals surface area contributed by atoms with Gasteiger partial charge in [0.15, 0.2) is 0 Å². The zero-order valence-electron chi connectivity index (χ0n) is 10.3. The maximum Gasteiger partial charge on any atom is 0.315 e. The Kier molecular flexibility index (Phi) is 21.8. The van der Waals surface area contributed by atoms with Gasteiger partial charge < -0.3 is 21.7 Å². The Labute approximate surface area is 114 Å². The average molecular weight is 272 g/mol. The van der Waals surface area contributed by atoms with Crippen molar-refractivity contribution in [3.63, 3.8) is 0 Å². The van der Waals surface area contributed by atoms with Crippen LogP contribution in [0.3, 0.4) is 0 Å². The first-order valence-electron chi connectivity index (χ1n) is 5.49. The molecule has 0 rings (SSSR count). The summed E-state index contributed by atoms with van der Waals surface area (Å²) in [5.74, 6) is 3.37. The molecule has 110 valence electrons. The second-order valence-electron chi connectivity index (χ2n) is 3.11. The highest BCUT2D eigenvalue weighted by Crippen LogP contribution is 1.84. The summed E-state index contributed by atoms with van der Waals surface area (Å²) in [5, 5.41) is 16.2. The van der Waals surface area contributed by atoms with Gasteiger partial charge in [-0.15, -0.1) is 5.92 Å². The van der Waals surface area contributed by atoms with Crippen LogP contribution < -0.4 is 11.5 Å². The fourth-order valence-electron chi connectivity index (χ4n) is 0.697. The van der Waals surface area contributed by atoms with Crippen LogP contribution in [0.1, 0.15) is 33.1 Å². The summed E-state index contributed by atoms with van der Waals surface area (Å²) in [6.07, 6.45) is 4.73. The van der Waals surface area contributed by atoms with Crippen molar-refractivity contribution in [2.75, 3.05) is 13.1 Å². The molecule has 6 heteroatoms. The summed E-state index contributed by atoms with van der Waals surface area (Å²) < 4.78 is 0. The molecule has 0 unspecified atom stereocenters. The normalized spacial score (nSPS) is 8.53. The molecule has 0 saturated heterocycles. The summed E-state index contributed by atoms with van der Waals surface area (Å²) in [6.45, 7) is 1.07. The third-order valence-corrected chi connectivity index (χ3v) is 1.43. The monoisotopic (exact) mass is 272 g/mol. The number of carboxylic acids is 2. The lowest BCUT2D eigenvalue weighted by Gasteiger charge is -1.83. The lowest BCUT2D eigenvalue weighted by atomic mass is 10.3. The van der Waals surface area contributed by atoms with E-state index in [-0.39, 0.29) is 20.3 Å². The first kappa shape index (κ1) is 22.3. The van der Waals surface area contributed by atoms with Crippen molar-refractivity contribution in [2.45, 2.75) is 33.1 Å². The number of rotatable bonds is 6. The van der Waals surface area contributed by atoms with Crippen LogP contribution in [0.5, 0.6) is 0 Å². The zero-order chi connectivity index (χ0) is 14.2. The molecule has 0 saturated carbocycles. The van der Waals surface area contributed by atoms with Crippen molar-refractivity contribution in [1.82, 2.24) is 0 Å². The van der Waals surface area contributed by atoms with Gasteiger partial charge in [0.2, 0.25) is 0 Å². The predicted molar refractivity (Wildman–Crippen MR) is 75.5 cm³/mol. The van der Waals surface area contributed by atoms with Crippen molar-refractivity contribution in [1.29, 1.82) is 0 Å². The molecule has 19 heavy (non-hydrogen) atoms. The molecule has 0 aromatic carbocycles. The number of carbonyl (C=O) groups is 2. The van der Waals surface area contributed by atoms with E-state index in [0.717, 1.165) is 6.42 Å². The van der Waals surface area contributed by atoms with E-state index >= 15 is 0 Å². The standard InChI is InChI=1S/C6H11NO2.C6H9NO2.CH4/c2*7-5-3-1-2-4-6(8)9;/h1-2H,3-5,7H2,(H,8,9);3-5,7H2,(H,8,9);1H4/b2-1+;;. The average Bonchev–Trinajstić information content (AvgIpc) is 2.31. The fraction of sp³-hybridized carbons (Fsp3) is 0.538. The molecule has 6 nitrogen and oxygen atoms in total. The van der Waals surface area contributed by atoms with E-state index in [9.17, 15) is 9.59 Å². The third kappa shape index (κ3) is 31.4. The van der Waals surface area contributed by atoms with E-state index in [4.69, 9.17) is 21.7 Å². The van der Waals surface area contributed by atoms with Crippen LogP contribution in [0.4, 0.5) is 0 Å².